The van der Waals surface area contributed by atoms with E-state index in [4.69, 9.17) is 0 Å². The molecule has 1 heterocycles. The molecule has 0 spiro atoms. The van der Waals surface area contributed by atoms with Crippen molar-refractivity contribution in [1.29, 1.82) is 0 Å². The van der Waals surface area contributed by atoms with E-state index >= 15 is 0 Å². The summed E-state index contributed by atoms with van der Waals surface area (Å²) in [6.45, 7) is 9.74. The first-order valence-electron chi connectivity index (χ1n) is 7.34. The number of hydrogen-bond acceptors (Lipinski definition) is 3. The molecule has 0 bridgehead atoms. The number of aliphatic hydroxyl groups is 1. The molecule has 2 unspecified atom stereocenters. The van der Waals surface area contributed by atoms with Crippen LogP contribution in [0.1, 0.15) is 25.0 Å². The Labute approximate surface area is 116 Å². The number of aliphatic hydroxyl groups excluding tert-OH is 1. The van der Waals surface area contributed by atoms with E-state index in [9.17, 15) is 5.11 Å². The zero-order valence-corrected chi connectivity index (χ0v) is 12.3. The van der Waals surface area contributed by atoms with Crippen molar-refractivity contribution in [2.45, 2.75) is 33.2 Å². The lowest BCUT2D eigenvalue weighted by Gasteiger charge is -2.34. The molecule has 1 aromatic rings. The van der Waals surface area contributed by atoms with Crippen molar-refractivity contribution in [2.75, 3.05) is 31.1 Å². The van der Waals surface area contributed by atoms with E-state index in [1.165, 1.54) is 16.8 Å². The highest BCUT2D eigenvalue weighted by Crippen LogP contribution is 2.29. The fourth-order valence-corrected chi connectivity index (χ4v) is 3.01. The Hall–Kier alpha value is -1.06. The lowest BCUT2D eigenvalue weighted by atomic mass is 10.0. The van der Waals surface area contributed by atoms with E-state index in [1.54, 1.807) is 0 Å². The van der Waals surface area contributed by atoms with Crippen molar-refractivity contribution in [3.63, 3.8) is 0 Å². The molecule has 0 radical (unpaired) electrons. The Balaban J connectivity index is 2.40. The second-order valence-corrected chi connectivity index (χ2v) is 5.69. The second kappa shape index (κ2) is 6.40. The van der Waals surface area contributed by atoms with Crippen LogP contribution in [0.25, 0.3) is 0 Å². The lowest BCUT2D eigenvalue weighted by molar-refractivity contribution is 0.259. The van der Waals surface area contributed by atoms with E-state index in [2.05, 4.69) is 49.2 Å². The average molecular weight is 262 g/mol. The predicted molar refractivity (Wildman–Crippen MR) is 80.8 cm³/mol. The van der Waals surface area contributed by atoms with Gasteiger partial charge in [0.1, 0.15) is 0 Å². The van der Waals surface area contributed by atoms with Crippen LogP contribution in [0.4, 0.5) is 5.69 Å². The minimum Gasteiger partial charge on any atom is -0.394 e. The summed E-state index contributed by atoms with van der Waals surface area (Å²) in [7, 11) is 0. The van der Waals surface area contributed by atoms with E-state index in [0.29, 0.717) is 5.92 Å². The minimum atomic E-state index is 0.177. The molecule has 1 aliphatic rings. The van der Waals surface area contributed by atoms with Gasteiger partial charge in [0, 0.05) is 18.8 Å². The van der Waals surface area contributed by atoms with E-state index in [-0.39, 0.29) is 12.6 Å². The fraction of sp³-hybridized carbons (Fsp3) is 0.625. The minimum absolute atomic E-state index is 0.177. The zero-order valence-electron chi connectivity index (χ0n) is 12.3. The van der Waals surface area contributed by atoms with E-state index in [1.807, 2.05) is 0 Å². The second-order valence-electron chi connectivity index (χ2n) is 5.69. The van der Waals surface area contributed by atoms with Crippen LogP contribution in [0.15, 0.2) is 18.2 Å². The van der Waals surface area contributed by atoms with Gasteiger partial charge in [0.25, 0.3) is 0 Å². The standard InChI is InChI=1S/C16H26N2O/c1-4-14-7-5-6-13(3)16(14)18-10-12(2)8-17-9-15(18)11-19/h5-7,12,15,17,19H,4,8-11H2,1-3H3. The summed E-state index contributed by atoms with van der Waals surface area (Å²) in [5.74, 6) is 0.598. The van der Waals surface area contributed by atoms with Gasteiger partial charge in [0.15, 0.2) is 0 Å². The van der Waals surface area contributed by atoms with Crippen LogP contribution in [0.5, 0.6) is 0 Å². The van der Waals surface area contributed by atoms with Crippen LogP contribution < -0.4 is 10.2 Å². The Morgan fingerprint density at radius 2 is 2.16 bits per heavy atom. The highest BCUT2D eigenvalue weighted by Gasteiger charge is 2.25. The van der Waals surface area contributed by atoms with Crippen LogP contribution >= 0.6 is 0 Å². The lowest BCUT2D eigenvalue weighted by Crippen LogP contribution is -2.43. The molecule has 1 saturated heterocycles. The van der Waals surface area contributed by atoms with Crippen LogP contribution in [0.3, 0.4) is 0 Å². The molecule has 2 N–H and O–H groups in total. The molecule has 106 valence electrons. The molecule has 2 rings (SSSR count). The van der Waals surface area contributed by atoms with Crippen molar-refractivity contribution in [3.8, 4) is 0 Å². The van der Waals surface area contributed by atoms with Gasteiger partial charge in [-0.25, -0.2) is 0 Å². The van der Waals surface area contributed by atoms with Crippen molar-refractivity contribution in [1.82, 2.24) is 5.32 Å². The Morgan fingerprint density at radius 1 is 1.37 bits per heavy atom. The molecule has 3 heteroatoms. The highest BCUT2D eigenvalue weighted by atomic mass is 16.3. The maximum atomic E-state index is 9.71. The van der Waals surface area contributed by atoms with Gasteiger partial charge in [-0.2, -0.15) is 0 Å². The van der Waals surface area contributed by atoms with Gasteiger partial charge in [-0.05, 0) is 36.9 Å². The summed E-state index contributed by atoms with van der Waals surface area (Å²) in [4.78, 5) is 2.42. The highest BCUT2D eigenvalue weighted by molar-refractivity contribution is 5.60. The Morgan fingerprint density at radius 3 is 2.84 bits per heavy atom. The van der Waals surface area contributed by atoms with Crippen molar-refractivity contribution in [2.24, 2.45) is 5.92 Å². The van der Waals surface area contributed by atoms with Gasteiger partial charge in [-0.1, -0.05) is 32.0 Å². The SMILES string of the molecule is CCc1cccc(C)c1N1CC(C)CNCC1CO. The van der Waals surface area contributed by atoms with Gasteiger partial charge < -0.3 is 15.3 Å². The van der Waals surface area contributed by atoms with Crippen LogP contribution in [0, 0.1) is 12.8 Å². The molecule has 0 saturated carbocycles. The first-order chi connectivity index (χ1) is 9.17. The van der Waals surface area contributed by atoms with Gasteiger partial charge in [-0.15, -0.1) is 0 Å². The smallest absolute Gasteiger partial charge is 0.0647 e. The number of nitrogens with zero attached hydrogens (tertiary/aromatic N) is 1. The number of aryl methyl sites for hydroxylation is 2. The summed E-state index contributed by atoms with van der Waals surface area (Å²) in [5.41, 5.74) is 4.03. The number of para-hydroxylation sites is 1. The number of anilines is 1. The van der Waals surface area contributed by atoms with Crippen LogP contribution in [0.2, 0.25) is 0 Å². The first kappa shape index (κ1) is 14.4. The molecular formula is C16H26N2O. The maximum Gasteiger partial charge on any atom is 0.0647 e. The molecule has 2 atom stereocenters. The topological polar surface area (TPSA) is 35.5 Å². The molecule has 0 aliphatic carbocycles. The summed E-state index contributed by atoms with van der Waals surface area (Å²) in [6.07, 6.45) is 1.04. The van der Waals surface area contributed by atoms with Gasteiger partial charge in [0.2, 0.25) is 0 Å². The number of benzene rings is 1. The molecule has 1 aliphatic heterocycles. The van der Waals surface area contributed by atoms with E-state index < -0.39 is 0 Å². The normalized spacial score (nSPS) is 24.3. The number of hydrogen-bond donors (Lipinski definition) is 2. The quantitative estimate of drug-likeness (QED) is 0.874. The average Bonchev–Trinajstić information content (AvgIpc) is 2.59. The zero-order chi connectivity index (χ0) is 13.8. The molecule has 19 heavy (non-hydrogen) atoms. The molecule has 3 nitrogen and oxygen atoms in total. The number of nitrogens with one attached hydrogen (secondary N) is 1. The maximum absolute atomic E-state index is 9.71. The van der Waals surface area contributed by atoms with Crippen LogP contribution in [-0.4, -0.2) is 37.4 Å². The fourth-order valence-electron chi connectivity index (χ4n) is 3.01. The van der Waals surface area contributed by atoms with Gasteiger partial charge >= 0.3 is 0 Å². The number of rotatable bonds is 3. The van der Waals surface area contributed by atoms with E-state index in [0.717, 1.165) is 26.1 Å². The molecule has 0 aromatic heterocycles. The summed E-state index contributed by atoms with van der Waals surface area (Å²) >= 11 is 0. The third-order valence-corrected chi connectivity index (χ3v) is 4.02. The molecule has 1 fully saturated rings. The van der Waals surface area contributed by atoms with Crippen LogP contribution in [-0.2, 0) is 6.42 Å². The van der Waals surface area contributed by atoms with Crippen molar-refractivity contribution >= 4 is 5.69 Å². The van der Waals surface area contributed by atoms with Gasteiger partial charge in [-0.3, -0.25) is 0 Å². The predicted octanol–water partition coefficient (Wildman–Crippen LogP) is 1.96. The summed E-state index contributed by atoms with van der Waals surface area (Å²) < 4.78 is 0. The monoisotopic (exact) mass is 262 g/mol. The summed E-state index contributed by atoms with van der Waals surface area (Å²) in [5, 5.41) is 13.2. The van der Waals surface area contributed by atoms with Gasteiger partial charge in [0.05, 0.1) is 12.6 Å². The Kier molecular flexibility index (Phi) is 4.83. The molecule has 1 aromatic carbocycles. The third kappa shape index (κ3) is 3.10. The molecule has 0 amide bonds. The summed E-state index contributed by atoms with van der Waals surface area (Å²) in [6, 6.07) is 6.69. The molecular weight excluding hydrogens is 236 g/mol. The first-order valence-corrected chi connectivity index (χ1v) is 7.34. The third-order valence-electron chi connectivity index (χ3n) is 4.02. The van der Waals surface area contributed by atoms with Crippen molar-refractivity contribution < 1.29 is 5.11 Å². The van der Waals surface area contributed by atoms with Crippen molar-refractivity contribution in [3.05, 3.63) is 29.3 Å². The Bertz CT molecular complexity index is 419. The largest absolute Gasteiger partial charge is 0.394 e.